The summed E-state index contributed by atoms with van der Waals surface area (Å²) in [6.45, 7) is 1.92. The zero-order chi connectivity index (χ0) is 19.8. The van der Waals surface area contributed by atoms with Gasteiger partial charge in [-0.3, -0.25) is 19.0 Å². The highest BCUT2D eigenvalue weighted by Gasteiger charge is 2.37. The van der Waals surface area contributed by atoms with Crippen LogP contribution in [-0.2, 0) is 22.7 Å². The Bertz CT molecular complexity index is 732. The van der Waals surface area contributed by atoms with Crippen molar-refractivity contribution in [1.29, 1.82) is 0 Å². The third kappa shape index (κ3) is 5.88. The van der Waals surface area contributed by atoms with Gasteiger partial charge in [0.15, 0.2) is 0 Å². The Balaban J connectivity index is 1.32. The normalized spacial score (nSPS) is 21.5. The Morgan fingerprint density at radius 2 is 2.00 bits per heavy atom. The van der Waals surface area contributed by atoms with Crippen LogP contribution in [0.2, 0.25) is 0 Å². The molecule has 3 N–H and O–H groups in total. The first kappa shape index (κ1) is 20.0. The van der Waals surface area contributed by atoms with Crippen LogP contribution in [0.25, 0.3) is 0 Å². The van der Waals surface area contributed by atoms with Crippen LogP contribution in [0, 0.1) is 5.92 Å². The number of nitrogens with zero attached hydrogens (tertiary/aromatic N) is 5. The molecule has 152 valence electrons. The number of aliphatic hydroxyl groups is 1. The van der Waals surface area contributed by atoms with E-state index in [-0.39, 0.29) is 23.8 Å². The molecule has 0 saturated heterocycles. The van der Waals surface area contributed by atoms with E-state index in [2.05, 4.69) is 25.8 Å². The minimum atomic E-state index is -0.695. The van der Waals surface area contributed by atoms with Gasteiger partial charge in [0.25, 0.3) is 0 Å². The van der Waals surface area contributed by atoms with E-state index in [0.717, 1.165) is 13.0 Å². The van der Waals surface area contributed by atoms with Crippen molar-refractivity contribution >= 4 is 11.8 Å². The van der Waals surface area contributed by atoms with E-state index in [1.807, 2.05) is 16.9 Å². The van der Waals surface area contributed by atoms with Crippen molar-refractivity contribution in [2.45, 2.75) is 57.3 Å². The van der Waals surface area contributed by atoms with Gasteiger partial charge in [-0.05, 0) is 31.7 Å². The predicted molar refractivity (Wildman–Crippen MR) is 99.8 cm³/mol. The van der Waals surface area contributed by atoms with Gasteiger partial charge in [0.05, 0.1) is 12.1 Å². The van der Waals surface area contributed by atoms with E-state index in [1.165, 1.54) is 6.33 Å². The fourth-order valence-corrected chi connectivity index (χ4v) is 3.44. The zero-order valence-corrected chi connectivity index (χ0v) is 15.8. The monoisotopic (exact) mass is 389 g/mol. The summed E-state index contributed by atoms with van der Waals surface area (Å²) in [5, 5.41) is 24.1. The molecular formula is C18H27N7O3. The summed E-state index contributed by atoms with van der Waals surface area (Å²) in [7, 11) is 0. The van der Waals surface area contributed by atoms with Crippen LogP contribution in [0.15, 0.2) is 31.1 Å². The van der Waals surface area contributed by atoms with Gasteiger partial charge in [-0.15, -0.1) is 0 Å². The predicted octanol–water partition coefficient (Wildman–Crippen LogP) is -0.283. The van der Waals surface area contributed by atoms with Crippen LogP contribution in [0.4, 0.5) is 0 Å². The van der Waals surface area contributed by atoms with Crippen molar-refractivity contribution in [3.05, 3.63) is 31.1 Å². The lowest BCUT2D eigenvalue weighted by Gasteiger charge is -2.16. The molecule has 10 heteroatoms. The van der Waals surface area contributed by atoms with Crippen LogP contribution in [-0.4, -0.2) is 60.2 Å². The molecule has 0 aromatic carbocycles. The Kier molecular flexibility index (Phi) is 7.12. The highest BCUT2D eigenvalue weighted by atomic mass is 16.3. The largest absolute Gasteiger partial charge is 0.391 e. The van der Waals surface area contributed by atoms with Gasteiger partial charge in [0.2, 0.25) is 11.8 Å². The van der Waals surface area contributed by atoms with Crippen LogP contribution in [0.5, 0.6) is 0 Å². The molecule has 10 nitrogen and oxygen atoms in total. The maximum absolute atomic E-state index is 12.3. The lowest BCUT2D eigenvalue weighted by Crippen LogP contribution is -2.40. The summed E-state index contributed by atoms with van der Waals surface area (Å²) in [4.78, 5) is 28.3. The molecule has 28 heavy (non-hydrogen) atoms. The molecule has 0 bridgehead atoms. The van der Waals surface area contributed by atoms with Gasteiger partial charge in [-0.25, -0.2) is 4.98 Å². The molecule has 3 atom stereocenters. The van der Waals surface area contributed by atoms with Crippen molar-refractivity contribution in [3.8, 4) is 0 Å². The van der Waals surface area contributed by atoms with Crippen molar-refractivity contribution < 1.29 is 14.7 Å². The lowest BCUT2D eigenvalue weighted by molar-refractivity contribution is -0.125. The van der Waals surface area contributed by atoms with E-state index in [4.69, 9.17) is 0 Å². The topological polar surface area (TPSA) is 127 Å². The molecule has 0 aliphatic heterocycles. The number of rotatable bonds is 10. The number of carbonyl (C=O) groups excluding carboxylic acids is 2. The summed E-state index contributed by atoms with van der Waals surface area (Å²) in [6.07, 6.45) is 8.57. The number of amides is 2. The summed E-state index contributed by atoms with van der Waals surface area (Å²) >= 11 is 0. The average Bonchev–Trinajstić information content (AvgIpc) is 3.42. The number of aliphatic hydroxyl groups excluding tert-OH is 1. The summed E-state index contributed by atoms with van der Waals surface area (Å²) in [5.74, 6) is -0.466. The van der Waals surface area contributed by atoms with Crippen molar-refractivity contribution in [1.82, 2.24) is 35.2 Å². The van der Waals surface area contributed by atoms with Crippen LogP contribution in [0.3, 0.4) is 0 Å². The van der Waals surface area contributed by atoms with Gasteiger partial charge in [-0.1, -0.05) is 0 Å². The molecule has 1 fully saturated rings. The Morgan fingerprint density at radius 1 is 1.14 bits per heavy atom. The average molecular weight is 389 g/mol. The van der Waals surface area contributed by atoms with Crippen LogP contribution in [0.1, 0.15) is 32.1 Å². The SMILES string of the molecule is O=C(CCCn1cncn1)N[C@@H]1C[C@H](C(=O)NCCCn2cccn2)C[C@H]1O. The molecule has 1 saturated carbocycles. The fourth-order valence-electron chi connectivity index (χ4n) is 3.44. The second kappa shape index (κ2) is 9.98. The molecule has 0 spiro atoms. The van der Waals surface area contributed by atoms with Gasteiger partial charge in [0.1, 0.15) is 12.7 Å². The first-order chi connectivity index (χ1) is 13.6. The molecule has 3 rings (SSSR count). The van der Waals surface area contributed by atoms with Crippen molar-refractivity contribution in [2.24, 2.45) is 5.92 Å². The standard InChI is InChI=1S/C18H27N7O3/c26-16-11-14(18(28)20-5-2-8-24-9-3-6-21-24)10-15(16)23-17(27)4-1-7-25-13-19-12-22-25/h3,6,9,12-16,26H,1-2,4-5,7-8,10-11H2,(H,20,28)(H,23,27)/t14-,15+,16+/m0/s1. The van der Waals surface area contributed by atoms with Crippen molar-refractivity contribution in [3.63, 3.8) is 0 Å². The summed E-state index contributed by atoms with van der Waals surface area (Å²) in [5.41, 5.74) is 0. The molecule has 1 aliphatic rings. The molecule has 2 heterocycles. The number of hydrogen-bond acceptors (Lipinski definition) is 6. The fraction of sp³-hybridized carbons (Fsp3) is 0.611. The highest BCUT2D eigenvalue weighted by molar-refractivity contribution is 5.80. The molecule has 0 radical (unpaired) electrons. The third-order valence-electron chi connectivity index (χ3n) is 4.93. The van der Waals surface area contributed by atoms with E-state index in [0.29, 0.717) is 38.8 Å². The summed E-state index contributed by atoms with van der Waals surface area (Å²) in [6, 6.07) is 1.49. The Morgan fingerprint density at radius 3 is 2.75 bits per heavy atom. The first-order valence-electron chi connectivity index (χ1n) is 9.67. The number of aromatic nitrogens is 5. The van der Waals surface area contributed by atoms with Gasteiger partial charge in [-0.2, -0.15) is 10.2 Å². The number of nitrogens with one attached hydrogen (secondary N) is 2. The van der Waals surface area contributed by atoms with Crippen LogP contribution < -0.4 is 10.6 Å². The minimum absolute atomic E-state index is 0.0672. The first-order valence-corrected chi connectivity index (χ1v) is 9.67. The molecule has 0 unspecified atom stereocenters. The van der Waals surface area contributed by atoms with E-state index in [9.17, 15) is 14.7 Å². The van der Waals surface area contributed by atoms with Gasteiger partial charge in [0, 0.05) is 44.4 Å². The smallest absolute Gasteiger partial charge is 0.223 e. The Hall–Kier alpha value is -2.75. The molecule has 2 aromatic rings. The second-order valence-electron chi connectivity index (χ2n) is 7.09. The van der Waals surface area contributed by atoms with E-state index >= 15 is 0 Å². The maximum atomic E-state index is 12.3. The quantitative estimate of drug-likeness (QED) is 0.480. The van der Waals surface area contributed by atoms with Crippen LogP contribution >= 0.6 is 0 Å². The highest BCUT2D eigenvalue weighted by Crippen LogP contribution is 2.26. The maximum Gasteiger partial charge on any atom is 0.223 e. The lowest BCUT2D eigenvalue weighted by atomic mass is 10.1. The number of hydrogen-bond donors (Lipinski definition) is 3. The zero-order valence-electron chi connectivity index (χ0n) is 15.8. The van der Waals surface area contributed by atoms with E-state index in [1.54, 1.807) is 17.2 Å². The molecule has 2 aromatic heterocycles. The number of carbonyl (C=O) groups is 2. The minimum Gasteiger partial charge on any atom is -0.391 e. The van der Waals surface area contributed by atoms with Crippen molar-refractivity contribution in [2.75, 3.05) is 6.54 Å². The Labute approximate surface area is 163 Å². The van der Waals surface area contributed by atoms with Gasteiger partial charge >= 0.3 is 0 Å². The summed E-state index contributed by atoms with van der Waals surface area (Å²) < 4.78 is 3.49. The number of aryl methyl sites for hydroxylation is 2. The molecule has 1 aliphatic carbocycles. The van der Waals surface area contributed by atoms with E-state index < -0.39 is 6.10 Å². The third-order valence-corrected chi connectivity index (χ3v) is 4.93. The second-order valence-corrected chi connectivity index (χ2v) is 7.09. The molecular weight excluding hydrogens is 362 g/mol. The van der Waals surface area contributed by atoms with Gasteiger partial charge < -0.3 is 15.7 Å². The molecule has 2 amide bonds.